The van der Waals surface area contributed by atoms with E-state index in [1.165, 1.54) is 63.9 Å². The Labute approximate surface area is 256 Å². The zero-order valence-electron chi connectivity index (χ0n) is 26.0. The van der Waals surface area contributed by atoms with Crippen molar-refractivity contribution in [1.29, 1.82) is 0 Å². The van der Waals surface area contributed by atoms with Crippen molar-refractivity contribution >= 4 is 11.9 Å². The lowest BCUT2D eigenvalue weighted by Gasteiger charge is -2.11. The zero-order chi connectivity index (χ0) is 30.9. The molecule has 0 aliphatic heterocycles. The molecule has 3 rings (SSSR count). The highest BCUT2D eigenvalue weighted by Gasteiger charge is 2.14. The largest absolute Gasteiger partial charge is 0.494 e. The molecule has 6 heteroatoms. The smallest absolute Gasteiger partial charge is 0.343 e. The molecule has 0 heterocycles. The number of carbonyl (C=O) groups is 2. The second-order valence-corrected chi connectivity index (χ2v) is 11.3. The first-order valence-electron chi connectivity index (χ1n) is 15.9. The van der Waals surface area contributed by atoms with E-state index >= 15 is 0 Å². The van der Waals surface area contributed by atoms with E-state index in [1.54, 1.807) is 60.7 Å². The van der Waals surface area contributed by atoms with Crippen LogP contribution in [-0.2, 0) is 4.74 Å². The number of ether oxygens (including phenoxy) is 3. The summed E-state index contributed by atoms with van der Waals surface area (Å²) in [6, 6.07) is 17.8. The van der Waals surface area contributed by atoms with Gasteiger partial charge in [-0.05, 0) is 66.4 Å². The number of rotatable bonds is 19. The van der Waals surface area contributed by atoms with Gasteiger partial charge in [0.25, 0.3) is 0 Å². The Balaban J connectivity index is 1.41. The molecule has 0 bridgehead atoms. The van der Waals surface area contributed by atoms with Gasteiger partial charge in [0.05, 0.1) is 24.3 Å². The fourth-order valence-corrected chi connectivity index (χ4v) is 4.63. The quantitative estimate of drug-likeness (QED) is 0.0790. The van der Waals surface area contributed by atoms with Crippen LogP contribution in [0.2, 0.25) is 0 Å². The lowest BCUT2D eigenvalue weighted by Crippen LogP contribution is -2.11. The molecule has 5 nitrogen and oxygen atoms in total. The highest BCUT2D eigenvalue weighted by molar-refractivity contribution is 5.91. The molecular weight excluding hydrogens is 543 g/mol. The molecule has 3 aromatic rings. The fraction of sp³-hybridized carbons (Fsp3) is 0.459. The Morgan fingerprint density at radius 3 is 1.88 bits per heavy atom. The number of unbranched alkanes of at least 4 members (excludes halogenated alkanes) is 9. The van der Waals surface area contributed by atoms with E-state index in [1.807, 2.05) is 13.8 Å². The first-order chi connectivity index (χ1) is 20.9. The first kappa shape index (κ1) is 33.8. The standard InChI is InChI=1S/C37H47FO5/c1-4-6-7-8-9-10-11-12-13-14-25-41-32-20-17-30(18-21-32)37(40)43-33-22-15-29(16-23-33)34-24-19-31(26-35(34)38)36(39)42-27-28(3)5-2/h15-24,26,28H,4-14,25,27H2,1-3H3/t28-/m0/s1. The fourth-order valence-electron chi connectivity index (χ4n) is 4.63. The SMILES string of the molecule is CCCCCCCCCCCCOc1ccc(C(=O)Oc2ccc(-c3ccc(C(=O)OC[C@@H](C)CC)cc3F)cc2)cc1. The van der Waals surface area contributed by atoms with E-state index in [0.717, 1.165) is 18.6 Å². The summed E-state index contributed by atoms with van der Waals surface area (Å²) >= 11 is 0. The van der Waals surface area contributed by atoms with E-state index in [0.29, 0.717) is 35.7 Å². The summed E-state index contributed by atoms with van der Waals surface area (Å²) in [6.45, 7) is 7.22. The molecule has 3 aromatic carbocycles. The van der Waals surface area contributed by atoms with Crippen molar-refractivity contribution in [3.63, 3.8) is 0 Å². The maximum atomic E-state index is 14.8. The second kappa shape index (κ2) is 18.8. The molecule has 232 valence electrons. The molecule has 0 N–H and O–H groups in total. The monoisotopic (exact) mass is 590 g/mol. The van der Waals surface area contributed by atoms with Crippen LogP contribution in [-0.4, -0.2) is 25.2 Å². The van der Waals surface area contributed by atoms with Crippen LogP contribution in [0, 0.1) is 11.7 Å². The second-order valence-electron chi connectivity index (χ2n) is 11.3. The van der Waals surface area contributed by atoms with Crippen LogP contribution >= 0.6 is 0 Å². The van der Waals surface area contributed by atoms with Crippen molar-refractivity contribution in [3.05, 3.63) is 83.7 Å². The maximum absolute atomic E-state index is 14.8. The Bertz CT molecular complexity index is 1250. The molecule has 1 atom stereocenters. The predicted octanol–water partition coefficient (Wildman–Crippen LogP) is 10.2. The van der Waals surface area contributed by atoms with Crippen LogP contribution in [0.25, 0.3) is 11.1 Å². The molecule has 0 unspecified atom stereocenters. The van der Waals surface area contributed by atoms with Crippen LogP contribution < -0.4 is 9.47 Å². The summed E-state index contributed by atoms with van der Waals surface area (Å²) in [4.78, 5) is 24.9. The normalized spacial score (nSPS) is 11.6. The van der Waals surface area contributed by atoms with Gasteiger partial charge in [-0.3, -0.25) is 0 Å². The third kappa shape index (κ3) is 11.9. The predicted molar refractivity (Wildman–Crippen MR) is 170 cm³/mol. The highest BCUT2D eigenvalue weighted by atomic mass is 19.1. The highest BCUT2D eigenvalue weighted by Crippen LogP contribution is 2.27. The van der Waals surface area contributed by atoms with Crippen LogP contribution in [0.3, 0.4) is 0 Å². The molecule has 0 saturated heterocycles. The average molecular weight is 591 g/mol. The molecule has 0 amide bonds. The van der Waals surface area contributed by atoms with E-state index in [4.69, 9.17) is 14.2 Å². The number of halogens is 1. The van der Waals surface area contributed by atoms with Gasteiger partial charge in [-0.15, -0.1) is 0 Å². The van der Waals surface area contributed by atoms with Gasteiger partial charge in [-0.1, -0.05) is 103 Å². The van der Waals surface area contributed by atoms with Crippen LogP contribution in [0.15, 0.2) is 66.7 Å². The molecule has 43 heavy (non-hydrogen) atoms. The number of carbonyl (C=O) groups excluding carboxylic acids is 2. The van der Waals surface area contributed by atoms with E-state index in [2.05, 4.69) is 6.92 Å². The summed E-state index contributed by atoms with van der Waals surface area (Å²) < 4.78 is 31.4. The minimum atomic E-state index is -0.540. The molecule has 0 spiro atoms. The van der Waals surface area contributed by atoms with E-state index < -0.39 is 17.8 Å². The lowest BCUT2D eigenvalue weighted by molar-refractivity contribution is 0.0446. The number of hydrogen-bond acceptors (Lipinski definition) is 5. The van der Waals surface area contributed by atoms with Crippen molar-refractivity contribution in [2.75, 3.05) is 13.2 Å². The Morgan fingerprint density at radius 1 is 0.698 bits per heavy atom. The van der Waals surface area contributed by atoms with E-state index in [-0.39, 0.29) is 11.5 Å². The first-order valence-corrected chi connectivity index (χ1v) is 15.9. The maximum Gasteiger partial charge on any atom is 0.343 e. The van der Waals surface area contributed by atoms with Crippen molar-refractivity contribution in [2.24, 2.45) is 5.92 Å². The van der Waals surface area contributed by atoms with Crippen molar-refractivity contribution in [1.82, 2.24) is 0 Å². The van der Waals surface area contributed by atoms with Crippen molar-refractivity contribution in [2.45, 2.75) is 91.4 Å². The summed E-state index contributed by atoms with van der Waals surface area (Å²) in [6.07, 6.45) is 13.7. The summed E-state index contributed by atoms with van der Waals surface area (Å²) in [5, 5.41) is 0. The van der Waals surface area contributed by atoms with Crippen molar-refractivity contribution < 1.29 is 28.2 Å². The summed E-state index contributed by atoms with van der Waals surface area (Å²) in [5.74, 6) is -0.229. The molecule has 0 aliphatic rings. The minimum Gasteiger partial charge on any atom is -0.494 e. The van der Waals surface area contributed by atoms with Gasteiger partial charge < -0.3 is 14.2 Å². The van der Waals surface area contributed by atoms with Gasteiger partial charge in [-0.2, -0.15) is 0 Å². The van der Waals surface area contributed by atoms with Gasteiger partial charge in [0, 0.05) is 5.56 Å². The number of benzene rings is 3. The minimum absolute atomic E-state index is 0.172. The molecule has 0 aromatic heterocycles. The third-order valence-electron chi connectivity index (χ3n) is 7.63. The topological polar surface area (TPSA) is 61.8 Å². The summed E-state index contributed by atoms with van der Waals surface area (Å²) in [7, 11) is 0. The Hall–Kier alpha value is -3.67. The molecule has 0 radical (unpaired) electrons. The number of esters is 2. The Kier molecular flexibility index (Phi) is 14.8. The molecule has 0 saturated carbocycles. The van der Waals surface area contributed by atoms with Crippen LogP contribution in [0.5, 0.6) is 11.5 Å². The van der Waals surface area contributed by atoms with Gasteiger partial charge in [-0.25, -0.2) is 14.0 Å². The van der Waals surface area contributed by atoms with Crippen molar-refractivity contribution in [3.8, 4) is 22.6 Å². The lowest BCUT2D eigenvalue weighted by atomic mass is 10.0. The van der Waals surface area contributed by atoms with Gasteiger partial charge in [0.15, 0.2) is 0 Å². The molecular formula is C37H47FO5. The van der Waals surface area contributed by atoms with Crippen LogP contribution in [0.4, 0.5) is 4.39 Å². The van der Waals surface area contributed by atoms with E-state index in [9.17, 15) is 14.0 Å². The molecule has 0 fully saturated rings. The Morgan fingerprint density at radius 2 is 1.28 bits per heavy atom. The van der Waals surface area contributed by atoms with Gasteiger partial charge in [0.1, 0.15) is 17.3 Å². The van der Waals surface area contributed by atoms with Crippen LogP contribution in [0.1, 0.15) is 112 Å². The van der Waals surface area contributed by atoms with Gasteiger partial charge in [0.2, 0.25) is 0 Å². The average Bonchev–Trinajstić information content (AvgIpc) is 3.03. The van der Waals surface area contributed by atoms with Gasteiger partial charge >= 0.3 is 11.9 Å². The molecule has 0 aliphatic carbocycles. The zero-order valence-corrected chi connectivity index (χ0v) is 26.0. The number of hydrogen-bond donors (Lipinski definition) is 0. The third-order valence-corrected chi connectivity index (χ3v) is 7.63. The summed E-state index contributed by atoms with van der Waals surface area (Å²) in [5.41, 5.74) is 1.52.